The Bertz CT molecular complexity index is 1160. The van der Waals surface area contributed by atoms with Crippen LogP contribution in [0.3, 0.4) is 0 Å². The first-order valence-electron chi connectivity index (χ1n) is 8.35. The molecular formula is C21H18BrNO4S. The third-order valence-electron chi connectivity index (χ3n) is 4.37. The summed E-state index contributed by atoms with van der Waals surface area (Å²) in [5, 5.41) is 0. The highest BCUT2D eigenvalue weighted by molar-refractivity contribution is 9.10. The van der Waals surface area contributed by atoms with E-state index in [0.717, 1.165) is 5.56 Å². The van der Waals surface area contributed by atoms with Crippen LogP contribution in [0.5, 0.6) is 5.75 Å². The molecule has 1 amide bonds. The van der Waals surface area contributed by atoms with Crippen molar-refractivity contribution in [1.29, 1.82) is 0 Å². The number of carbonyl (C=O) groups is 1. The first kappa shape index (κ1) is 20.1. The number of sulfone groups is 1. The summed E-state index contributed by atoms with van der Waals surface area (Å²) in [6.45, 7) is 1.88. The fourth-order valence-corrected chi connectivity index (χ4v) is 5.26. The molecule has 3 aromatic carbocycles. The minimum Gasteiger partial charge on any atom is -0.496 e. The molecule has 0 fully saturated rings. The van der Waals surface area contributed by atoms with E-state index in [0.29, 0.717) is 21.3 Å². The number of hydrogen-bond acceptors (Lipinski definition) is 4. The lowest BCUT2D eigenvalue weighted by Gasteiger charge is -2.17. The second kappa shape index (κ2) is 7.77. The first-order chi connectivity index (χ1) is 13.3. The van der Waals surface area contributed by atoms with Crippen LogP contribution in [-0.4, -0.2) is 21.4 Å². The number of rotatable bonds is 5. The predicted octanol–water partition coefficient (Wildman–Crippen LogP) is 4.36. The van der Waals surface area contributed by atoms with Gasteiger partial charge in [-0.15, -0.1) is 0 Å². The van der Waals surface area contributed by atoms with E-state index in [2.05, 4.69) is 15.9 Å². The van der Waals surface area contributed by atoms with E-state index < -0.39 is 15.7 Å². The quantitative estimate of drug-likeness (QED) is 0.613. The molecule has 28 heavy (non-hydrogen) atoms. The molecule has 3 aromatic rings. The highest BCUT2D eigenvalue weighted by Gasteiger charge is 2.27. The summed E-state index contributed by atoms with van der Waals surface area (Å²) < 4.78 is 32.6. The number of aryl methyl sites for hydroxylation is 1. The van der Waals surface area contributed by atoms with Gasteiger partial charge in [-0.05, 0) is 58.7 Å². The fraction of sp³-hybridized carbons (Fsp3) is 0.0952. The lowest BCUT2D eigenvalue weighted by Crippen LogP contribution is -2.13. The van der Waals surface area contributed by atoms with Crippen molar-refractivity contribution in [2.75, 3.05) is 7.11 Å². The van der Waals surface area contributed by atoms with E-state index in [4.69, 9.17) is 10.5 Å². The Morgan fingerprint density at radius 1 is 1.00 bits per heavy atom. The van der Waals surface area contributed by atoms with Crippen molar-refractivity contribution >= 4 is 31.7 Å². The van der Waals surface area contributed by atoms with Gasteiger partial charge in [0, 0.05) is 11.1 Å². The number of methoxy groups -OCH3 is 1. The molecule has 5 nitrogen and oxygen atoms in total. The molecule has 7 heteroatoms. The van der Waals surface area contributed by atoms with Crippen molar-refractivity contribution in [1.82, 2.24) is 0 Å². The van der Waals surface area contributed by atoms with Crippen LogP contribution in [0, 0.1) is 6.92 Å². The van der Waals surface area contributed by atoms with Gasteiger partial charge in [0.1, 0.15) is 5.75 Å². The maximum atomic E-state index is 13.4. The van der Waals surface area contributed by atoms with Crippen LogP contribution in [0.1, 0.15) is 15.9 Å². The normalized spacial score (nSPS) is 11.2. The number of halogens is 1. The maximum absolute atomic E-state index is 13.4. The van der Waals surface area contributed by atoms with Gasteiger partial charge in [-0.3, -0.25) is 4.79 Å². The number of benzene rings is 3. The molecule has 0 aliphatic heterocycles. The fourth-order valence-electron chi connectivity index (χ4n) is 2.93. The van der Waals surface area contributed by atoms with Crippen molar-refractivity contribution in [2.45, 2.75) is 16.7 Å². The molecule has 0 spiro atoms. The van der Waals surface area contributed by atoms with Crippen molar-refractivity contribution in [3.05, 3.63) is 76.3 Å². The molecule has 0 radical (unpaired) electrons. The van der Waals surface area contributed by atoms with Crippen molar-refractivity contribution in [3.8, 4) is 16.9 Å². The Hall–Kier alpha value is -2.64. The third-order valence-corrected chi connectivity index (χ3v) is 6.97. The Labute approximate surface area is 172 Å². The molecule has 0 heterocycles. The zero-order valence-corrected chi connectivity index (χ0v) is 17.7. The molecule has 0 saturated carbocycles. The third kappa shape index (κ3) is 3.55. The van der Waals surface area contributed by atoms with Crippen LogP contribution in [0.4, 0.5) is 0 Å². The molecule has 0 saturated heterocycles. The average Bonchev–Trinajstić information content (AvgIpc) is 2.68. The minimum absolute atomic E-state index is 0.0535. The summed E-state index contributed by atoms with van der Waals surface area (Å²) in [6.07, 6.45) is 0. The van der Waals surface area contributed by atoms with Gasteiger partial charge < -0.3 is 10.5 Å². The Morgan fingerprint density at radius 3 is 2.25 bits per heavy atom. The Balaban J connectivity index is 2.37. The van der Waals surface area contributed by atoms with Crippen molar-refractivity contribution < 1.29 is 17.9 Å². The Kier molecular flexibility index (Phi) is 5.58. The van der Waals surface area contributed by atoms with Gasteiger partial charge in [-0.1, -0.05) is 35.9 Å². The molecule has 144 valence electrons. The molecule has 3 rings (SSSR count). The largest absolute Gasteiger partial charge is 0.496 e. The number of amides is 1. The number of primary amides is 1. The standard InChI is InChI=1S/C21H18BrNO4S/c1-13-7-9-14(10-8-13)28(25,26)18-12-11-17(27-2)20(22)19(18)15-5-3-4-6-16(15)21(23)24/h3-12H,1-2H3,(H2,23,24). The number of nitrogens with two attached hydrogens (primary N) is 1. The number of ether oxygens (including phenoxy) is 1. The van der Waals surface area contributed by atoms with Crippen molar-refractivity contribution in [2.24, 2.45) is 5.73 Å². The second-order valence-electron chi connectivity index (χ2n) is 6.18. The van der Waals surface area contributed by atoms with Gasteiger partial charge in [0.05, 0.1) is 21.4 Å². The van der Waals surface area contributed by atoms with Crippen LogP contribution in [0.15, 0.2) is 74.9 Å². The zero-order chi connectivity index (χ0) is 20.5. The van der Waals surface area contributed by atoms with Crippen LogP contribution < -0.4 is 10.5 Å². The lowest BCUT2D eigenvalue weighted by molar-refractivity contribution is 0.100. The van der Waals surface area contributed by atoms with E-state index >= 15 is 0 Å². The summed E-state index contributed by atoms with van der Waals surface area (Å²) in [5.74, 6) is -0.207. The molecule has 0 bridgehead atoms. The maximum Gasteiger partial charge on any atom is 0.249 e. The van der Waals surface area contributed by atoms with E-state index in [1.807, 2.05) is 6.92 Å². The zero-order valence-electron chi connectivity index (χ0n) is 15.3. The minimum atomic E-state index is -3.86. The average molecular weight is 460 g/mol. The van der Waals surface area contributed by atoms with Gasteiger partial charge in [0.15, 0.2) is 0 Å². The summed E-state index contributed by atoms with van der Waals surface area (Å²) in [4.78, 5) is 12.2. The van der Waals surface area contributed by atoms with Gasteiger partial charge in [-0.25, -0.2) is 8.42 Å². The number of hydrogen-bond donors (Lipinski definition) is 1. The second-order valence-corrected chi connectivity index (χ2v) is 8.89. The molecule has 0 atom stereocenters. The van der Waals surface area contributed by atoms with E-state index in [1.54, 1.807) is 54.6 Å². The molecule has 0 aliphatic rings. The van der Waals surface area contributed by atoms with E-state index in [1.165, 1.54) is 13.2 Å². The Morgan fingerprint density at radius 2 is 1.64 bits per heavy atom. The first-order valence-corrected chi connectivity index (χ1v) is 10.6. The molecule has 0 aromatic heterocycles. The molecular weight excluding hydrogens is 442 g/mol. The topological polar surface area (TPSA) is 86.5 Å². The lowest BCUT2D eigenvalue weighted by atomic mass is 9.99. The molecule has 2 N–H and O–H groups in total. The highest BCUT2D eigenvalue weighted by atomic mass is 79.9. The van der Waals surface area contributed by atoms with Crippen LogP contribution >= 0.6 is 15.9 Å². The summed E-state index contributed by atoms with van der Waals surface area (Å²) >= 11 is 3.45. The smallest absolute Gasteiger partial charge is 0.249 e. The van der Waals surface area contributed by atoms with Crippen LogP contribution in [-0.2, 0) is 9.84 Å². The van der Waals surface area contributed by atoms with Gasteiger partial charge in [0.2, 0.25) is 15.7 Å². The van der Waals surface area contributed by atoms with Gasteiger partial charge >= 0.3 is 0 Å². The summed E-state index contributed by atoms with van der Waals surface area (Å²) in [7, 11) is -2.38. The summed E-state index contributed by atoms with van der Waals surface area (Å²) in [5.41, 5.74) is 7.43. The number of carbonyl (C=O) groups excluding carboxylic acids is 1. The highest BCUT2D eigenvalue weighted by Crippen LogP contribution is 2.43. The van der Waals surface area contributed by atoms with Gasteiger partial charge in [0.25, 0.3) is 0 Å². The van der Waals surface area contributed by atoms with Gasteiger partial charge in [-0.2, -0.15) is 0 Å². The monoisotopic (exact) mass is 459 g/mol. The van der Waals surface area contributed by atoms with Crippen LogP contribution in [0.2, 0.25) is 0 Å². The SMILES string of the molecule is COc1ccc(S(=O)(=O)c2ccc(C)cc2)c(-c2ccccc2C(N)=O)c1Br. The van der Waals surface area contributed by atoms with E-state index in [9.17, 15) is 13.2 Å². The van der Waals surface area contributed by atoms with E-state index in [-0.39, 0.29) is 15.4 Å². The van der Waals surface area contributed by atoms with Crippen molar-refractivity contribution in [3.63, 3.8) is 0 Å². The summed E-state index contributed by atoms with van der Waals surface area (Å²) in [6, 6.07) is 16.3. The molecule has 0 unspecified atom stereocenters. The van der Waals surface area contributed by atoms with Crippen LogP contribution in [0.25, 0.3) is 11.1 Å². The molecule has 0 aliphatic carbocycles. The predicted molar refractivity (Wildman–Crippen MR) is 111 cm³/mol.